The Balaban J connectivity index is 1.28. The molecule has 3 aliphatic rings. The Labute approximate surface area is 180 Å². The number of likely N-dealkylation sites (tertiary alicyclic amines) is 1. The SMILES string of the molecule is CC(C)C(=O)N1CCC(OC2C=CC(c3ccc(C4=CCCC=C4)nc3)=CC2)CC1. The van der Waals surface area contributed by atoms with Gasteiger partial charge in [-0.1, -0.05) is 56.4 Å². The highest BCUT2D eigenvalue weighted by Gasteiger charge is 2.26. The number of piperidine rings is 1. The molecule has 0 radical (unpaired) electrons. The number of rotatable bonds is 5. The lowest BCUT2D eigenvalue weighted by molar-refractivity contribution is -0.137. The first-order valence-electron chi connectivity index (χ1n) is 11.3. The highest BCUT2D eigenvalue weighted by Crippen LogP contribution is 2.26. The predicted molar refractivity (Wildman–Crippen MR) is 122 cm³/mol. The molecule has 2 heterocycles. The van der Waals surface area contributed by atoms with Crippen molar-refractivity contribution in [3.63, 3.8) is 0 Å². The van der Waals surface area contributed by atoms with Crippen molar-refractivity contribution in [2.45, 2.75) is 58.2 Å². The lowest BCUT2D eigenvalue weighted by Crippen LogP contribution is -2.43. The number of allylic oxidation sites excluding steroid dienone is 6. The van der Waals surface area contributed by atoms with Crippen molar-refractivity contribution >= 4 is 17.1 Å². The van der Waals surface area contributed by atoms with Gasteiger partial charge in [-0.2, -0.15) is 0 Å². The molecule has 1 atom stereocenters. The maximum atomic E-state index is 12.1. The van der Waals surface area contributed by atoms with Crippen molar-refractivity contribution < 1.29 is 9.53 Å². The zero-order chi connectivity index (χ0) is 20.9. The molecule has 0 N–H and O–H groups in total. The molecule has 1 aliphatic heterocycles. The molecule has 1 aromatic heterocycles. The van der Waals surface area contributed by atoms with Gasteiger partial charge in [-0.05, 0) is 54.9 Å². The molecule has 0 saturated carbocycles. The molecule has 2 aliphatic carbocycles. The van der Waals surface area contributed by atoms with Crippen LogP contribution in [0, 0.1) is 5.92 Å². The van der Waals surface area contributed by atoms with Crippen LogP contribution in [0.25, 0.3) is 11.1 Å². The van der Waals surface area contributed by atoms with Gasteiger partial charge >= 0.3 is 0 Å². The summed E-state index contributed by atoms with van der Waals surface area (Å²) in [6, 6.07) is 4.27. The monoisotopic (exact) mass is 404 g/mol. The van der Waals surface area contributed by atoms with Crippen molar-refractivity contribution in [2.75, 3.05) is 13.1 Å². The Hall–Kier alpha value is -2.46. The van der Waals surface area contributed by atoms with Crippen LogP contribution in [0.1, 0.15) is 57.2 Å². The first-order valence-corrected chi connectivity index (χ1v) is 11.3. The van der Waals surface area contributed by atoms with Gasteiger partial charge in [-0.15, -0.1) is 0 Å². The zero-order valence-electron chi connectivity index (χ0n) is 18.1. The van der Waals surface area contributed by atoms with Crippen molar-refractivity contribution in [1.82, 2.24) is 9.88 Å². The number of ether oxygens (including phenoxy) is 1. The van der Waals surface area contributed by atoms with Crippen LogP contribution >= 0.6 is 0 Å². The standard InChI is InChI=1S/C26H32N2O2/c1-19(2)26(29)28-16-14-24(15-17-28)30-23-11-8-20(9-12-23)22-10-13-25(27-18-22)21-6-4-3-5-7-21/h4,6-11,13,18-19,23-24H,3,5,12,14-17H2,1-2H3. The second-order valence-corrected chi connectivity index (χ2v) is 8.68. The lowest BCUT2D eigenvalue weighted by Gasteiger charge is -2.34. The molecule has 0 aromatic carbocycles. The average molecular weight is 405 g/mol. The van der Waals surface area contributed by atoms with Crippen molar-refractivity contribution in [1.29, 1.82) is 0 Å². The largest absolute Gasteiger partial charge is 0.370 e. The summed E-state index contributed by atoms with van der Waals surface area (Å²) in [5, 5.41) is 0. The molecule has 0 bridgehead atoms. The van der Waals surface area contributed by atoms with Crippen LogP contribution < -0.4 is 0 Å². The molecule has 4 heteroatoms. The van der Waals surface area contributed by atoms with Crippen LogP contribution in [-0.2, 0) is 9.53 Å². The average Bonchev–Trinajstić information content (AvgIpc) is 2.80. The van der Waals surface area contributed by atoms with Crippen molar-refractivity contribution in [3.05, 3.63) is 66.0 Å². The minimum Gasteiger partial charge on any atom is -0.370 e. The zero-order valence-corrected chi connectivity index (χ0v) is 18.1. The Morgan fingerprint density at radius 1 is 1.10 bits per heavy atom. The summed E-state index contributed by atoms with van der Waals surface area (Å²) in [7, 11) is 0. The summed E-state index contributed by atoms with van der Waals surface area (Å²) in [5.41, 5.74) is 4.61. The molecular weight excluding hydrogens is 372 g/mol. The number of carbonyl (C=O) groups is 1. The van der Waals surface area contributed by atoms with Gasteiger partial charge in [0.05, 0.1) is 17.9 Å². The van der Waals surface area contributed by atoms with Crippen LogP contribution in [-0.4, -0.2) is 41.1 Å². The van der Waals surface area contributed by atoms with E-state index in [2.05, 4.69) is 53.6 Å². The highest BCUT2D eigenvalue weighted by atomic mass is 16.5. The first-order chi connectivity index (χ1) is 14.6. The molecule has 1 amide bonds. The predicted octanol–water partition coefficient (Wildman–Crippen LogP) is 5.19. The Kier molecular flexibility index (Phi) is 6.63. The van der Waals surface area contributed by atoms with E-state index in [1.807, 2.05) is 24.9 Å². The summed E-state index contributed by atoms with van der Waals surface area (Å²) in [4.78, 5) is 18.8. The lowest BCUT2D eigenvalue weighted by atomic mass is 9.97. The minimum absolute atomic E-state index is 0.0757. The second-order valence-electron chi connectivity index (χ2n) is 8.68. The third-order valence-electron chi connectivity index (χ3n) is 6.06. The van der Waals surface area contributed by atoms with E-state index in [1.54, 1.807) is 0 Å². The van der Waals surface area contributed by atoms with Crippen LogP contribution in [0.5, 0.6) is 0 Å². The quantitative estimate of drug-likeness (QED) is 0.678. The summed E-state index contributed by atoms with van der Waals surface area (Å²) < 4.78 is 6.30. The van der Waals surface area contributed by atoms with E-state index >= 15 is 0 Å². The molecule has 1 saturated heterocycles. The fraction of sp³-hybridized carbons (Fsp3) is 0.462. The van der Waals surface area contributed by atoms with Gasteiger partial charge in [0, 0.05) is 25.2 Å². The number of hydrogen-bond donors (Lipinski definition) is 0. The molecular formula is C26H32N2O2. The molecule has 1 unspecified atom stereocenters. The van der Waals surface area contributed by atoms with Gasteiger partial charge in [-0.3, -0.25) is 9.78 Å². The molecule has 158 valence electrons. The van der Waals surface area contributed by atoms with Crippen LogP contribution in [0.4, 0.5) is 0 Å². The third kappa shape index (κ3) is 4.99. The maximum absolute atomic E-state index is 12.1. The van der Waals surface area contributed by atoms with Crippen LogP contribution in [0.3, 0.4) is 0 Å². The second kappa shape index (κ2) is 9.57. The van der Waals surface area contributed by atoms with Crippen LogP contribution in [0.15, 0.2) is 54.8 Å². The minimum atomic E-state index is 0.0757. The maximum Gasteiger partial charge on any atom is 0.225 e. The van der Waals surface area contributed by atoms with Gasteiger partial charge in [0.25, 0.3) is 0 Å². The number of amides is 1. The first kappa shape index (κ1) is 20.8. The van der Waals surface area contributed by atoms with E-state index in [4.69, 9.17) is 4.74 Å². The van der Waals surface area contributed by atoms with Gasteiger partial charge in [0.2, 0.25) is 5.91 Å². The van der Waals surface area contributed by atoms with E-state index in [-0.39, 0.29) is 24.0 Å². The summed E-state index contributed by atoms with van der Waals surface area (Å²) in [6.45, 7) is 5.55. The molecule has 1 aromatic rings. The number of carbonyl (C=O) groups excluding carboxylic acids is 1. The van der Waals surface area contributed by atoms with Crippen molar-refractivity contribution in [2.24, 2.45) is 5.92 Å². The fourth-order valence-corrected chi connectivity index (χ4v) is 4.28. The van der Waals surface area contributed by atoms with E-state index in [1.165, 1.54) is 11.1 Å². The summed E-state index contributed by atoms with van der Waals surface area (Å²) >= 11 is 0. The fourth-order valence-electron chi connectivity index (χ4n) is 4.28. The smallest absolute Gasteiger partial charge is 0.225 e. The van der Waals surface area contributed by atoms with E-state index in [0.29, 0.717) is 0 Å². The highest BCUT2D eigenvalue weighted by molar-refractivity contribution is 5.78. The van der Waals surface area contributed by atoms with E-state index in [9.17, 15) is 4.79 Å². The van der Waals surface area contributed by atoms with Gasteiger partial charge in [0.15, 0.2) is 0 Å². The number of nitrogens with zero attached hydrogens (tertiary/aromatic N) is 2. The molecule has 1 fully saturated rings. The molecule has 4 rings (SSSR count). The van der Waals surface area contributed by atoms with Crippen LogP contribution in [0.2, 0.25) is 0 Å². The van der Waals surface area contributed by atoms with Crippen molar-refractivity contribution in [3.8, 4) is 0 Å². The van der Waals surface area contributed by atoms with Gasteiger partial charge < -0.3 is 9.64 Å². The van der Waals surface area contributed by atoms with Gasteiger partial charge in [0.1, 0.15) is 0 Å². The summed E-state index contributed by atoms with van der Waals surface area (Å²) in [6.07, 6.45) is 20.5. The normalized spacial score (nSPS) is 22.2. The number of pyridine rings is 1. The van der Waals surface area contributed by atoms with E-state index in [0.717, 1.165) is 56.5 Å². The Morgan fingerprint density at radius 2 is 1.93 bits per heavy atom. The Morgan fingerprint density at radius 3 is 2.53 bits per heavy atom. The summed E-state index contributed by atoms with van der Waals surface area (Å²) in [5.74, 6) is 0.334. The number of aromatic nitrogens is 1. The molecule has 30 heavy (non-hydrogen) atoms. The topological polar surface area (TPSA) is 42.4 Å². The number of hydrogen-bond acceptors (Lipinski definition) is 3. The third-order valence-corrected chi connectivity index (χ3v) is 6.06. The van der Waals surface area contributed by atoms with E-state index < -0.39 is 0 Å². The Bertz CT molecular complexity index is 869. The molecule has 0 spiro atoms. The van der Waals surface area contributed by atoms with Gasteiger partial charge in [-0.25, -0.2) is 0 Å². The molecule has 4 nitrogen and oxygen atoms in total.